The molecule has 0 spiro atoms. The molecule has 17 heavy (non-hydrogen) atoms. The summed E-state index contributed by atoms with van der Waals surface area (Å²) in [5.41, 5.74) is 9.11. The van der Waals surface area contributed by atoms with Crippen molar-refractivity contribution in [3.05, 3.63) is 71.8 Å². The Bertz CT molecular complexity index is 370. The second-order valence-electron chi connectivity index (χ2n) is 4.00. The Morgan fingerprint density at radius 1 is 0.647 bits per heavy atom. The zero-order valence-corrected chi connectivity index (χ0v) is 9.89. The van der Waals surface area contributed by atoms with Gasteiger partial charge in [0.25, 0.3) is 0 Å². The zero-order valence-electron chi connectivity index (χ0n) is 9.89. The molecule has 2 aromatic carbocycles. The average molecular weight is 226 g/mol. The maximum absolute atomic E-state index is 3.23. The molecule has 2 aromatic rings. The van der Waals surface area contributed by atoms with Crippen molar-refractivity contribution < 1.29 is 0 Å². The van der Waals surface area contributed by atoms with E-state index >= 15 is 0 Å². The fourth-order valence-electron chi connectivity index (χ4n) is 1.70. The van der Waals surface area contributed by atoms with Crippen LogP contribution < -0.4 is 10.9 Å². The Morgan fingerprint density at radius 3 is 1.88 bits per heavy atom. The number of hydrogen-bond acceptors (Lipinski definition) is 2. The van der Waals surface area contributed by atoms with Crippen LogP contribution in [-0.2, 0) is 13.0 Å². The van der Waals surface area contributed by atoms with Crippen molar-refractivity contribution in [1.82, 2.24) is 10.9 Å². The highest BCUT2D eigenvalue weighted by molar-refractivity contribution is 5.15. The third-order valence-corrected chi connectivity index (χ3v) is 2.64. The molecule has 2 heteroatoms. The lowest BCUT2D eigenvalue weighted by Gasteiger charge is -2.07. The number of hydrogen-bond donors (Lipinski definition) is 2. The van der Waals surface area contributed by atoms with E-state index in [2.05, 4.69) is 59.4 Å². The normalized spacial score (nSPS) is 10.4. The summed E-state index contributed by atoms with van der Waals surface area (Å²) in [6.07, 6.45) is 1.04. The van der Waals surface area contributed by atoms with Gasteiger partial charge in [-0.1, -0.05) is 60.7 Å². The third-order valence-electron chi connectivity index (χ3n) is 2.64. The van der Waals surface area contributed by atoms with Gasteiger partial charge in [0.2, 0.25) is 0 Å². The molecule has 0 aliphatic heterocycles. The first-order chi connectivity index (χ1) is 8.45. The summed E-state index contributed by atoms with van der Waals surface area (Å²) in [5.74, 6) is 0. The monoisotopic (exact) mass is 226 g/mol. The standard InChI is InChI=1S/C15H18N2/c1-3-7-14(8-4-1)11-12-16-17-13-15-9-5-2-6-10-15/h1-10,16-17H,11-13H2. The van der Waals surface area contributed by atoms with Gasteiger partial charge >= 0.3 is 0 Å². The van der Waals surface area contributed by atoms with Gasteiger partial charge < -0.3 is 0 Å². The highest BCUT2D eigenvalue weighted by atomic mass is 15.3. The van der Waals surface area contributed by atoms with Crippen LogP contribution >= 0.6 is 0 Å². The van der Waals surface area contributed by atoms with Crippen LogP contribution in [0.1, 0.15) is 11.1 Å². The van der Waals surface area contributed by atoms with Gasteiger partial charge in [-0.2, -0.15) is 0 Å². The maximum atomic E-state index is 3.23. The fraction of sp³-hybridized carbons (Fsp3) is 0.200. The topological polar surface area (TPSA) is 24.1 Å². The molecule has 2 N–H and O–H groups in total. The van der Waals surface area contributed by atoms with E-state index in [4.69, 9.17) is 0 Å². The second-order valence-corrected chi connectivity index (χ2v) is 4.00. The minimum Gasteiger partial charge on any atom is -0.257 e. The molecule has 0 heterocycles. The van der Waals surface area contributed by atoms with Gasteiger partial charge in [-0.15, -0.1) is 0 Å². The summed E-state index contributed by atoms with van der Waals surface area (Å²) in [4.78, 5) is 0. The molecule has 0 aromatic heterocycles. The van der Waals surface area contributed by atoms with Gasteiger partial charge in [0.1, 0.15) is 0 Å². The van der Waals surface area contributed by atoms with Crippen molar-refractivity contribution >= 4 is 0 Å². The largest absolute Gasteiger partial charge is 0.257 e. The number of nitrogens with one attached hydrogen (secondary N) is 2. The van der Waals surface area contributed by atoms with Crippen LogP contribution in [0.2, 0.25) is 0 Å². The molecule has 0 bridgehead atoms. The zero-order chi connectivity index (χ0) is 11.8. The van der Waals surface area contributed by atoms with E-state index in [0.29, 0.717) is 0 Å². The molecule has 0 saturated carbocycles. The molecule has 0 unspecified atom stereocenters. The third kappa shape index (κ3) is 4.39. The lowest BCUT2D eigenvalue weighted by molar-refractivity contribution is 0.533. The highest BCUT2D eigenvalue weighted by Gasteiger charge is 1.92. The van der Waals surface area contributed by atoms with Crippen LogP contribution in [0.15, 0.2) is 60.7 Å². The van der Waals surface area contributed by atoms with E-state index in [0.717, 1.165) is 19.5 Å². The second kappa shape index (κ2) is 6.84. The fourth-order valence-corrected chi connectivity index (χ4v) is 1.70. The van der Waals surface area contributed by atoms with Crippen molar-refractivity contribution in [2.75, 3.05) is 6.54 Å². The van der Waals surface area contributed by atoms with Crippen LogP contribution in [0.25, 0.3) is 0 Å². The molecule has 0 aliphatic carbocycles. The smallest absolute Gasteiger partial charge is 0.0351 e. The van der Waals surface area contributed by atoms with Crippen molar-refractivity contribution in [3.63, 3.8) is 0 Å². The molecule has 88 valence electrons. The lowest BCUT2D eigenvalue weighted by Crippen LogP contribution is -2.32. The molecule has 0 aliphatic rings. The molecular formula is C15H18N2. The summed E-state index contributed by atoms with van der Waals surface area (Å²) in [6.45, 7) is 1.80. The molecule has 0 atom stereocenters. The predicted molar refractivity (Wildman–Crippen MR) is 71.4 cm³/mol. The van der Waals surface area contributed by atoms with Crippen LogP contribution in [0.4, 0.5) is 0 Å². The lowest BCUT2D eigenvalue weighted by atomic mass is 10.2. The molecular weight excluding hydrogens is 208 g/mol. The van der Waals surface area contributed by atoms with Gasteiger partial charge in [-0.25, -0.2) is 0 Å². The van der Waals surface area contributed by atoms with Gasteiger partial charge in [-0.3, -0.25) is 10.9 Å². The van der Waals surface area contributed by atoms with Crippen molar-refractivity contribution in [1.29, 1.82) is 0 Å². The average Bonchev–Trinajstić information content (AvgIpc) is 2.41. The summed E-state index contributed by atoms with van der Waals surface area (Å²) in [7, 11) is 0. The number of benzene rings is 2. The predicted octanol–water partition coefficient (Wildman–Crippen LogP) is 2.52. The Labute approximate surface area is 103 Å². The molecule has 2 nitrogen and oxygen atoms in total. The van der Waals surface area contributed by atoms with Crippen molar-refractivity contribution in [2.24, 2.45) is 0 Å². The minimum atomic E-state index is 0.857. The number of hydrazine groups is 1. The van der Waals surface area contributed by atoms with E-state index < -0.39 is 0 Å². The molecule has 2 rings (SSSR count). The summed E-state index contributed by atoms with van der Waals surface area (Å²) < 4.78 is 0. The summed E-state index contributed by atoms with van der Waals surface area (Å²) >= 11 is 0. The Kier molecular flexibility index (Phi) is 4.76. The van der Waals surface area contributed by atoms with E-state index in [1.807, 2.05) is 12.1 Å². The first kappa shape index (κ1) is 11.8. The first-order valence-electron chi connectivity index (χ1n) is 5.99. The summed E-state index contributed by atoms with van der Waals surface area (Å²) in [6, 6.07) is 20.9. The molecule has 0 amide bonds. The Hall–Kier alpha value is -1.64. The van der Waals surface area contributed by atoms with Gasteiger partial charge in [0.05, 0.1) is 0 Å². The molecule has 0 radical (unpaired) electrons. The maximum Gasteiger partial charge on any atom is 0.0351 e. The van der Waals surface area contributed by atoms with E-state index in [1.165, 1.54) is 11.1 Å². The van der Waals surface area contributed by atoms with Gasteiger partial charge in [0, 0.05) is 13.1 Å². The van der Waals surface area contributed by atoms with Gasteiger partial charge in [0.15, 0.2) is 0 Å². The highest BCUT2D eigenvalue weighted by Crippen LogP contribution is 1.98. The van der Waals surface area contributed by atoms with Crippen LogP contribution in [0, 0.1) is 0 Å². The number of rotatable bonds is 6. The van der Waals surface area contributed by atoms with E-state index in [-0.39, 0.29) is 0 Å². The van der Waals surface area contributed by atoms with E-state index in [9.17, 15) is 0 Å². The van der Waals surface area contributed by atoms with Crippen LogP contribution in [0.3, 0.4) is 0 Å². The summed E-state index contributed by atoms with van der Waals surface area (Å²) in [5, 5.41) is 0. The van der Waals surface area contributed by atoms with Crippen LogP contribution in [0.5, 0.6) is 0 Å². The molecule has 0 fully saturated rings. The quantitative estimate of drug-likeness (QED) is 0.584. The SMILES string of the molecule is c1ccc(CCNNCc2ccccc2)cc1. The van der Waals surface area contributed by atoms with E-state index in [1.54, 1.807) is 0 Å². The van der Waals surface area contributed by atoms with Crippen molar-refractivity contribution in [3.8, 4) is 0 Å². The molecule has 0 saturated heterocycles. The van der Waals surface area contributed by atoms with Crippen LogP contribution in [-0.4, -0.2) is 6.54 Å². The Balaban J connectivity index is 1.61. The first-order valence-corrected chi connectivity index (χ1v) is 5.99. The minimum absolute atomic E-state index is 0.857. The Morgan fingerprint density at radius 2 is 1.24 bits per heavy atom. The van der Waals surface area contributed by atoms with Crippen molar-refractivity contribution in [2.45, 2.75) is 13.0 Å². The van der Waals surface area contributed by atoms with Gasteiger partial charge in [-0.05, 0) is 17.5 Å².